The zero-order valence-electron chi connectivity index (χ0n) is 16.0. The van der Waals surface area contributed by atoms with Crippen molar-refractivity contribution in [2.75, 3.05) is 26.7 Å². The fourth-order valence-corrected chi connectivity index (χ4v) is 4.68. The van der Waals surface area contributed by atoms with Crippen LogP contribution in [0.2, 0.25) is 0 Å². The quantitative estimate of drug-likeness (QED) is 0.852. The van der Waals surface area contributed by atoms with Crippen molar-refractivity contribution in [1.82, 2.24) is 4.90 Å². The maximum atomic E-state index is 11.3. The molecule has 2 atom stereocenters. The molecule has 2 aromatic carbocycles. The molecule has 0 bridgehead atoms. The van der Waals surface area contributed by atoms with Crippen LogP contribution in [0, 0.1) is 0 Å². The first-order chi connectivity index (χ1) is 13.1. The zero-order valence-corrected chi connectivity index (χ0v) is 16.0. The highest BCUT2D eigenvalue weighted by Gasteiger charge is 2.37. The number of hydrogen-bond acceptors (Lipinski definition) is 4. The van der Waals surface area contributed by atoms with Gasteiger partial charge in [-0.2, -0.15) is 0 Å². The molecule has 4 rings (SSSR count). The van der Waals surface area contributed by atoms with Gasteiger partial charge in [0.2, 0.25) is 0 Å². The zero-order chi connectivity index (χ0) is 18.9. The molecule has 1 saturated heterocycles. The lowest BCUT2D eigenvalue weighted by atomic mass is 9.85. The highest BCUT2D eigenvalue weighted by Crippen LogP contribution is 2.37. The molecule has 1 heterocycles. The lowest BCUT2D eigenvalue weighted by Crippen LogP contribution is -2.47. The number of aliphatic hydroxyl groups is 2. The van der Waals surface area contributed by atoms with Crippen LogP contribution < -0.4 is 4.74 Å². The largest absolute Gasteiger partial charge is 0.496 e. The summed E-state index contributed by atoms with van der Waals surface area (Å²) in [5.74, 6) is 0.723. The minimum Gasteiger partial charge on any atom is -0.496 e. The number of piperidine rings is 1. The predicted molar refractivity (Wildman–Crippen MR) is 106 cm³/mol. The third-order valence-electron chi connectivity index (χ3n) is 6.10. The van der Waals surface area contributed by atoms with Crippen molar-refractivity contribution in [1.29, 1.82) is 0 Å². The lowest BCUT2D eigenvalue weighted by Gasteiger charge is -2.40. The summed E-state index contributed by atoms with van der Waals surface area (Å²) in [4.78, 5) is 2.17. The van der Waals surface area contributed by atoms with Gasteiger partial charge in [0.05, 0.1) is 13.2 Å². The maximum absolute atomic E-state index is 11.3. The van der Waals surface area contributed by atoms with Crippen molar-refractivity contribution in [3.05, 3.63) is 64.7 Å². The van der Waals surface area contributed by atoms with Gasteiger partial charge in [-0.1, -0.05) is 36.4 Å². The highest BCUT2D eigenvalue weighted by molar-refractivity contribution is 5.39. The Morgan fingerprint density at radius 1 is 1.11 bits per heavy atom. The molecule has 2 aromatic rings. The van der Waals surface area contributed by atoms with E-state index >= 15 is 0 Å². The van der Waals surface area contributed by atoms with Gasteiger partial charge in [-0.25, -0.2) is 0 Å². The number of para-hydroxylation sites is 1. The second-order valence-corrected chi connectivity index (χ2v) is 7.97. The predicted octanol–water partition coefficient (Wildman–Crippen LogP) is 3.20. The van der Waals surface area contributed by atoms with E-state index in [1.807, 2.05) is 24.3 Å². The van der Waals surface area contributed by atoms with Crippen LogP contribution in [0.25, 0.3) is 0 Å². The molecule has 27 heavy (non-hydrogen) atoms. The van der Waals surface area contributed by atoms with Crippen LogP contribution in [0.15, 0.2) is 42.5 Å². The highest BCUT2D eigenvalue weighted by atomic mass is 16.5. The van der Waals surface area contributed by atoms with Gasteiger partial charge in [-0.05, 0) is 61.4 Å². The molecule has 0 amide bonds. The van der Waals surface area contributed by atoms with E-state index < -0.39 is 11.7 Å². The Hall–Kier alpha value is -1.88. The van der Waals surface area contributed by atoms with E-state index in [9.17, 15) is 10.2 Å². The van der Waals surface area contributed by atoms with Gasteiger partial charge >= 0.3 is 0 Å². The molecule has 144 valence electrons. The van der Waals surface area contributed by atoms with E-state index in [0.717, 1.165) is 42.7 Å². The third-order valence-corrected chi connectivity index (χ3v) is 6.10. The van der Waals surface area contributed by atoms with Crippen molar-refractivity contribution in [2.24, 2.45) is 0 Å². The van der Waals surface area contributed by atoms with Crippen LogP contribution in [0.5, 0.6) is 5.75 Å². The monoisotopic (exact) mass is 367 g/mol. The van der Waals surface area contributed by atoms with E-state index in [1.165, 1.54) is 17.5 Å². The number of benzene rings is 2. The molecule has 1 aliphatic heterocycles. The first-order valence-corrected chi connectivity index (χ1v) is 9.97. The summed E-state index contributed by atoms with van der Waals surface area (Å²) in [6, 6.07) is 14.1. The second kappa shape index (κ2) is 7.63. The van der Waals surface area contributed by atoms with Crippen LogP contribution in [-0.2, 0) is 18.4 Å². The Morgan fingerprint density at radius 3 is 2.78 bits per heavy atom. The summed E-state index contributed by atoms with van der Waals surface area (Å²) in [7, 11) is 1.64. The number of fused-ring (bicyclic) bond motifs is 1. The molecule has 1 aliphatic carbocycles. The average molecular weight is 367 g/mol. The molecule has 0 unspecified atom stereocenters. The van der Waals surface area contributed by atoms with Crippen LogP contribution in [0.3, 0.4) is 0 Å². The lowest BCUT2D eigenvalue weighted by molar-refractivity contribution is -0.0474. The number of β-amino-alcohol motifs (C(OH)–C–C–N with tert-alkyl or cyclic N) is 2. The van der Waals surface area contributed by atoms with Crippen molar-refractivity contribution < 1.29 is 14.9 Å². The fourth-order valence-electron chi connectivity index (χ4n) is 4.68. The Bertz CT molecular complexity index is 806. The molecule has 1 fully saturated rings. The van der Waals surface area contributed by atoms with Gasteiger partial charge in [0.1, 0.15) is 11.4 Å². The molecule has 0 radical (unpaired) electrons. The smallest absolute Gasteiger partial charge is 0.124 e. The number of hydrogen-bond donors (Lipinski definition) is 2. The van der Waals surface area contributed by atoms with E-state index in [0.29, 0.717) is 19.5 Å². The maximum Gasteiger partial charge on any atom is 0.124 e. The number of nitrogens with zero attached hydrogens (tertiary/aromatic N) is 1. The van der Waals surface area contributed by atoms with Gasteiger partial charge in [-0.15, -0.1) is 0 Å². The number of rotatable bonds is 5. The molecule has 4 nitrogen and oxygen atoms in total. The molecule has 0 spiro atoms. The summed E-state index contributed by atoms with van der Waals surface area (Å²) < 4.78 is 5.46. The molecule has 0 saturated carbocycles. The Morgan fingerprint density at radius 2 is 1.93 bits per heavy atom. The SMILES string of the molecule is COc1ccccc1[C@@]1(O)CCCN(C[C@@H](O)c2ccc3c(c2)CCC3)C1. The molecule has 2 aliphatic rings. The number of aryl methyl sites for hydroxylation is 2. The summed E-state index contributed by atoms with van der Waals surface area (Å²) in [6.45, 7) is 1.94. The topological polar surface area (TPSA) is 52.9 Å². The fraction of sp³-hybridized carbons (Fsp3) is 0.478. The minimum absolute atomic E-state index is 0.509. The number of aliphatic hydroxyl groups excluding tert-OH is 1. The Labute approximate surface area is 161 Å². The van der Waals surface area contributed by atoms with Crippen molar-refractivity contribution >= 4 is 0 Å². The Kier molecular flexibility index (Phi) is 5.22. The normalized spacial score (nSPS) is 23.8. The van der Waals surface area contributed by atoms with E-state index in [4.69, 9.17) is 4.74 Å². The minimum atomic E-state index is -0.942. The standard InChI is InChI=1S/C23H29NO3/c1-27-22-9-3-2-8-20(22)23(26)12-5-13-24(16-23)15-21(25)19-11-10-17-6-4-7-18(17)14-19/h2-3,8-11,14,21,25-26H,4-7,12-13,15-16H2,1H3/t21-,23-/m1/s1. The number of methoxy groups -OCH3 is 1. The summed E-state index contributed by atoms with van der Waals surface area (Å²) in [5.41, 5.74) is 3.69. The Balaban J connectivity index is 1.48. The van der Waals surface area contributed by atoms with Gasteiger partial charge < -0.3 is 14.9 Å². The van der Waals surface area contributed by atoms with Crippen molar-refractivity contribution in [3.8, 4) is 5.75 Å². The van der Waals surface area contributed by atoms with Gasteiger partial charge in [-0.3, -0.25) is 4.90 Å². The molecule has 2 N–H and O–H groups in total. The third kappa shape index (κ3) is 3.75. The van der Waals surface area contributed by atoms with Crippen molar-refractivity contribution in [2.45, 2.75) is 43.8 Å². The van der Waals surface area contributed by atoms with E-state index in [2.05, 4.69) is 23.1 Å². The molecule has 0 aromatic heterocycles. The number of likely N-dealkylation sites (tertiary alicyclic amines) is 1. The molecular weight excluding hydrogens is 338 g/mol. The number of ether oxygens (including phenoxy) is 1. The first-order valence-electron chi connectivity index (χ1n) is 9.97. The second-order valence-electron chi connectivity index (χ2n) is 7.97. The van der Waals surface area contributed by atoms with Crippen LogP contribution in [0.1, 0.15) is 47.6 Å². The van der Waals surface area contributed by atoms with Crippen LogP contribution >= 0.6 is 0 Å². The van der Waals surface area contributed by atoms with Crippen LogP contribution in [0.4, 0.5) is 0 Å². The first kappa shape index (κ1) is 18.5. The van der Waals surface area contributed by atoms with Crippen molar-refractivity contribution in [3.63, 3.8) is 0 Å². The van der Waals surface area contributed by atoms with Gasteiger partial charge in [0.25, 0.3) is 0 Å². The summed E-state index contributed by atoms with van der Waals surface area (Å²) in [5, 5.41) is 22.1. The van der Waals surface area contributed by atoms with Gasteiger partial charge in [0.15, 0.2) is 0 Å². The van der Waals surface area contributed by atoms with Gasteiger partial charge in [0, 0.05) is 18.7 Å². The summed E-state index contributed by atoms with van der Waals surface area (Å²) in [6.07, 6.45) is 4.56. The molecular formula is C23H29NO3. The average Bonchev–Trinajstić information content (AvgIpc) is 3.16. The molecule has 4 heteroatoms. The van der Waals surface area contributed by atoms with E-state index in [-0.39, 0.29) is 0 Å². The summed E-state index contributed by atoms with van der Waals surface area (Å²) >= 11 is 0. The van der Waals surface area contributed by atoms with Crippen LogP contribution in [-0.4, -0.2) is 41.9 Å². The van der Waals surface area contributed by atoms with E-state index in [1.54, 1.807) is 7.11 Å².